The van der Waals surface area contributed by atoms with Gasteiger partial charge in [-0.2, -0.15) is 0 Å². The number of fused-ring (bicyclic) bond motifs is 3. The maximum atomic E-state index is 6.14. The fraction of sp³-hybridized carbons (Fsp3) is 0. The lowest BCUT2D eigenvalue weighted by molar-refractivity contribution is 0.555. The van der Waals surface area contributed by atoms with Crippen molar-refractivity contribution in [3.63, 3.8) is 0 Å². The monoisotopic (exact) mass is 334 g/mol. The summed E-state index contributed by atoms with van der Waals surface area (Å²) < 4.78 is 11.8. The average Bonchev–Trinajstić information content (AvgIpc) is 3.31. The highest BCUT2D eigenvalue weighted by Crippen LogP contribution is 2.36. The van der Waals surface area contributed by atoms with Crippen LogP contribution < -0.4 is 0 Å². The van der Waals surface area contributed by atoms with Gasteiger partial charge in [0.2, 0.25) is 0 Å². The summed E-state index contributed by atoms with van der Waals surface area (Å²) in [6.07, 6.45) is 1.67. The lowest BCUT2D eigenvalue weighted by atomic mass is 10.0. The van der Waals surface area contributed by atoms with E-state index in [4.69, 9.17) is 8.83 Å². The first-order chi connectivity index (χ1) is 12.9. The van der Waals surface area contributed by atoms with Crippen molar-refractivity contribution in [1.29, 1.82) is 0 Å². The minimum Gasteiger partial charge on any atom is -0.455 e. The van der Waals surface area contributed by atoms with Gasteiger partial charge in [-0.15, -0.1) is 0 Å². The van der Waals surface area contributed by atoms with Crippen LogP contribution >= 0.6 is 0 Å². The van der Waals surface area contributed by atoms with Gasteiger partial charge in [-0.1, -0.05) is 60.5 Å². The van der Waals surface area contributed by atoms with Crippen molar-refractivity contribution in [1.82, 2.24) is 0 Å². The minimum atomic E-state index is 0.641. The zero-order valence-electron chi connectivity index (χ0n) is 13.9. The topological polar surface area (TPSA) is 26.3 Å². The largest absolute Gasteiger partial charge is 0.455 e. The molecular formula is C24H14O2. The van der Waals surface area contributed by atoms with E-state index >= 15 is 0 Å². The van der Waals surface area contributed by atoms with Crippen molar-refractivity contribution in [3.8, 4) is 23.0 Å². The molecule has 0 N–H and O–H groups in total. The molecule has 0 spiro atoms. The quantitative estimate of drug-likeness (QED) is 0.339. The van der Waals surface area contributed by atoms with Gasteiger partial charge < -0.3 is 8.83 Å². The van der Waals surface area contributed by atoms with E-state index in [1.54, 1.807) is 6.26 Å². The summed E-state index contributed by atoms with van der Waals surface area (Å²) in [6.45, 7) is 0. The van der Waals surface area contributed by atoms with Crippen molar-refractivity contribution >= 4 is 21.9 Å². The van der Waals surface area contributed by atoms with E-state index in [-0.39, 0.29) is 0 Å². The highest BCUT2D eigenvalue weighted by molar-refractivity contribution is 6.09. The van der Waals surface area contributed by atoms with Crippen LogP contribution in [0.4, 0.5) is 0 Å². The molecule has 0 unspecified atom stereocenters. The van der Waals surface area contributed by atoms with Gasteiger partial charge in [0.05, 0.1) is 6.26 Å². The molecule has 26 heavy (non-hydrogen) atoms. The molecule has 5 rings (SSSR count). The second kappa shape index (κ2) is 5.98. The highest BCUT2D eigenvalue weighted by atomic mass is 16.3. The summed E-state index contributed by atoms with van der Waals surface area (Å²) in [5, 5.41) is 2.21. The molecule has 3 aromatic carbocycles. The smallest absolute Gasteiger partial charge is 0.184 e. The summed E-state index contributed by atoms with van der Waals surface area (Å²) in [5.74, 6) is 6.95. The van der Waals surface area contributed by atoms with E-state index in [0.29, 0.717) is 5.76 Å². The van der Waals surface area contributed by atoms with Gasteiger partial charge >= 0.3 is 0 Å². The SMILES string of the molecule is C(#Cc1occc1-c1cccc2c1oc1ccccc12)c1ccccc1. The van der Waals surface area contributed by atoms with E-state index in [0.717, 1.165) is 38.6 Å². The Kier molecular flexibility index (Phi) is 3.37. The lowest BCUT2D eigenvalue weighted by Gasteiger charge is -2.00. The van der Waals surface area contributed by atoms with Crippen LogP contribution in [0.1, 0.15) is 11.3 Å². The van der Waals surface area contributed by atoms with Crippen LogP contribution in [-0.4, -0.2) is 0 Å². The molecule has 2 heterocycles. The third-order valence-corrected chi connectivity index (χ3v) is 4.45. The maximum Gasteiger partial charge on any atom is 0.184 e. The second-order valence-corrected chi connectivity index (χ2v) is 6.06. The first-order valence-corrected chi connectivity index (χ1v) is 8.45. The number of furan rings is 2. The predicted octanol–water partition coefficient (Wildman–Crippen LogP) is 6.25. The fourth-order valence-corrected chi connectivity index (χ4v) is 3.23. The van der Waals surface area contributed by atoms with Crippen molar-refractivity contribution in [2.75, 3.05) is 0 Å². The van der Waals surface area contributed by atoms with Crippen molar-refractivity contribution < 1.29 is 8.83 Å². The van der Waals surface area contributed by atoms with Crippen molar-refractivity contribution in [2.45, 2.75) is 0 Å². The summed E-state index contributed by atoms with van der Waals surface area (Å²) in [6, 6.07) is 26.1. The molecule has 122 valence electrons. The summed E-state index contributed by atoms with van der Waals surface area (Å²) in [5.41, 5.74) is 4.63. The average molecular weight is 334 g/mol. The van der Waals surface area contributed by atoms with Gasteiger partial charge in [-0.25, -0.2) is 0 Å². The fourth-order valence-electron chi connectivity index (χ4n) is 3.23. The van der Waals surface area contributed by atoms with E-state index in [2.05, 4.69) is 24.0 Å². The summed E-state index contributed by atoms with van der Waals surface area (Å²) in [4.78, 5) is 0. The molecule has 2 heteroatoms. The van der Waals surface area contributed by atoms with Gasteiger partial charge in [0.15, 0.2) is 5.76 Å². The minimum absolute atomic E-state index is 0.641. The number of hydrogen-bond acceptors (Lipinski definition) is 2. The molecule has 0 fully saturated rings. The van der Waals surface area contributed by atoms with Gasteiger partial charge in [-0.3, -0.25) is 0 Å². The Bertz CT molecular complexity index is 1280. The molecule has 0 bridgehead atoms. The predicted molar refractivity (Wildman–Crippen MR) is 104 cm³/mol. The van der Waals surface area contributed by atoms with Crippen LogP contribution in [-0.2, 0) is 0 Å². The number of hydrogen-bond donors (Lipinski definition) is 0. The third kappa shape index (κ3) is 2.39. The zero-order chi connectivity index (χ0) is 17.3. The van der Waals surface area contributed by atoms with Gasteiger partial charge in [-0.05, 0) is 30.2 Å². The highest BCUT2D eigenvalue weighted by Gasteiger charge is 2.15. The molecule has 0 aliphatic rings. The van der Waals surface area contributed by atoms with Gasteiger partial charge in [0, 0.05) is 27.5 Å². The number of benzene rings is 3. The van der Waals surface area contributed by atoms with Crippen LogP contribution in [0, 0.1) is 11.8 Å². The molecule has 0 aliphatic heterocycles. The number of para-hydroxylation sites is 2. The molecule has 0 amide bonds. The molecule has 2 aromatic heterocycles. The Hall–Kier alpha value is -3.70. The van der Waals surface area contributed by atoms with Gasteiger partial charge in [0.25, 0.3) is 0 Å². The van der Waals surface area contributed by atoms with Crippen LogP contribution in [0.3, 0.4) is 0 Å². The Balaban J connectivity index is 1.68. The van der Waals surface area contributed by atoms with Crippen molar-refractivity contribution in [2.24, 2.45) is 0 Å². The first-order valence-electron chi connectivity index (χ1n) is 8.45. The Morgan fingerprint density at radius 2 is 1.42 bits per heavy atom. The zero-order valence-corrected chi connectivity index (χ0v) is 13.9. The summed E-state index contributed by atoms with van der Waals surface area (Å²) >= 11 is 0. The molecule has 0 atom stereocenters. The van der Waals surface area contributed by atoms with Crippen LogP contribution in [0.2, 0.25) is 0 Å². The van der Waals surface area contributed by atoms with Crippen LogP contribution in [0.15, 0.2) is 94.0 Å². The van der Waals surface area contributed by atoms with Crippen molar-refractivity contribution in [3.05, 3.63) is 96.4 Å². The Labute approximate surface area is 150 Å². The molecular weight excluding hydrogens is 320 g/mol. The van der Waals surface area contributed by atoms with Crippen LogP contribution in [0.5, 0.6) is 0 Å². The van der Waals surface area contributed by atoms with Crippen LogP contribution in [0.25, 0.3) is 33.1 Å². The van der Waals surface area contributed by atoms with E-state index in [9.17, 15) is 0 Å². The summed E-state index contributed by atoms with van der Waals surface area (Å²) in [7, 11) is 0. The maximum absolute atomic E-state index is 6.14. The number of rotatable bonds is 1. The Morgan fingerprint density at radius 3 is 2.35 bits per heavy atom. The van der Waals surface area contributed by atoms with E-state index in [1.165, 1.54) is 0 Å². The normalized spacial score (nSPS) is 10.8. The molecule has 2 nitrogen and oxygen atoms in total. The third-order valence-electron chi connectivity index (χ3n) is 4.45. The Morgan fingerprint density at radius 1 is 0.615 bits per heavy atom. The molecule has 0 radical (unpaired) electrons. The molecule has 0 aliphatic carbocycles. The lowest BCUT2D eigenvalue weighted by Crippen LogP contribution is -1.80. The standard InChI is InChI=1S/C24H14O2/c1-2-7-17(8-3-1)13-14-22-19(15-16-25-22)21-11-6-10-20-18-9-4-5-12-23(18)26-24(20)21/h1-12,15-16H. The van der Waals surface area contributed by atoms with E-state index in [1.807, 2.05) is 66.7 Å². The van der Waals surface area contributed by atoms with E-state index < -0.39 is 0 Å². The molecule has 0 saturated carbocycles. The first kappa shape index (κ1) is 14.6. The second-order valence-electron chi connectivity index (χ2n) is 6.06. The van der Waals surface area contributed by atoms with Gasteiger partial charge in [0.1, 0.15) is 11.2 Å². The molecule has 5 aromatic rings. The molecule has 0 saturated heterocycles.